The van der Waals surface area contributed by atoms with Crippen LogP contribution < -0.4 is 5.32 Å². The van der Waals surface area contributed by atoms with Crippen LogP contribution in [0.15, 0.2) is 29.3 Å². The van der Waals surface area contributed by atoms with E-state index < -0.39 is 17.7 Å². The molecule has 0 aliphatic carbocycles. The van der Waals surface area contributed by atoms with Crippen LogP contribution in [0.3, 0.4) is 0 Å². The number of halogens is 3. The Kier molecular flexibility index (Phi) is 5.05. The van der Waals surface area contributed by atoms with Crippen molar-refractivity contribution in [2.45, 2.75) is 6.10 Å². The van der Waals surface area contributed by atoms with Gasteiger partial charge >= 0.3 is 0 Å². The van der Waals surface area contributed by atoms with Crippen molar-refractivity contribution in [1.29, 1.82) is 0 Å². The summed E-state index contributed by atoms with van der Waals surface area (Å²) >= 11 is 3.12. The van der Waals surface area contributed by atoms with Gasteiger partial charge in [-0.05, 0) is 12.1 Å². The van der Waals surface area contributed by atoms with Crippen molar-refractivity contribution in [2.24, 2.45) is 0 Å². The number of aliphatic hydroxyl groups is 1. The van der Waals surface area contributed by atoms with Crippen molar-refractivity contribution in [1.82, 2.24) is 5.32 Å². The maximum Gasteiger partial charge on any atom is 0.131 e. The summed E-state index contributed by atoms with van der Waals surface area (Å²) in [5, 5.41) is 12.4. The molecule has 0 radical (unpaired) electrons. The molecule has 88 valence electrons. The highest BCUT2D eigenvalue weighted by molar-refractivity contribution is 9.11. The molecule has 2 nitrogen and oxygen atoms in total. The zero-order chi connectivity index (χ0) is 12.1. The Labute approximate surface area is 101 Å². The van der Waals surface area contributed by atoms with Crippen molar-refractivity contribution < 1.29 is 13.9 Å². The quantitative estimate of drug-likeness (QED) is 0.874. The molecule has 1 aromatic carbocycles. The minimum absolute atomic E-state index is 0.0580. The molecule has 16 heavy (non-hydrogen) atoms. The Hall–Kier alpha value is -0.780. The van der Waals surface area contributed by atoms with Gasteiger partial charge in [0.15, 0.2) is 0 Å². The van der Waals surface area contributed by atoms with E-state index in [0.29, 0.717) is 11.0 Å². The first-order valence-electron chi connectivity index (χ1n) is 4.68. The molecule has 0 heterocycles. The second-order valence-electron chi connectivity index (χ2n) is 3.30. The summed E-state index contributed by atoms with van der Waals surface area (Å²) in [5.74, 6) is -1.49. The Balaban J connectivity index is 2.65. The number of benzene rings is 1. The fourth-order valence-corrected chi connectivity index (χ4v) is 1.47. The third kappa shape index (κ3) is 3.66. The molecule has 5 heteroatoms. The van der Waals surface area contributed by atoms with Gasteiger partial charge in [0.1, 0.15) is 11.6 Å². The Morgan fingerprint density at radius 2 is 2.00 bits per heavy atom. The fraction of sp³-hybridized carbons (Fsp3) is 0.273. The zero-order valence-electron chi connectivity index (χ0n) is 8.51. The fourth-order valence-electron chi connectivity index (χ4n) is 1.28. The highest BCUT2D eigenvalue weighted by atomic mass is 79.9. The summed E-state index contributed by atoms with van der Waals surface area (Å²) in [6.45, 7) is 4.07. The van der Waals surface area contributed by atoms with E-state index >= 15 is 0 Å². The molecule has 1 unspecified atom stereocenters. The third-order valence-corrected chi connectivity index (χ3v) is 2.27. The van der Waals surface area contributed by atoms with E-state index in [9.17, 15) is 13.9 Å². The Morgan fingerprint density at radius 1 is 1.44 bits per heavy atom. The molecule has 0 spiro atoms. The first-order chi connectivity index (χ1) is 7.52. The largest absolute Gasteiger partial charge is 0.387 e. The lowest BCUT2D eigenvalue weighted by atomic mass is 10.1. The highest BCUT2D eigenvalue weighted by Gasteiger charge is 2.16. The SMILES string of the molecule is C=C(Br)CNCC(O)c1c(F)cccc1F. The summed E-state index contributed by atoms with van der Waals surface area (Å²) in [6, 6.07) is 3.49. The normalized spacial score (nSPS) is 12.5. The van der Waals surface area contributed by atoms with E-state index in [0.717, 1.165) is 12.1 Å². The molecule has 0 saturated carbocycles. The maximum atomic E-state index is 13.2. The second-order valence-corrected chi connectivity index (χ2v) is 4.42. The van der Waals surface area contributed by atoms with Gasteiger partial charge in [-0.25, -0.2) is 8.78 Å². The number of aliphatic hydroxyl groups excluding tert-OH is 1. The lowest BCUT2D eigenvalue weighted by Crippen LogP contribution is -2.23. The molecule has 0 aliphatic rings. The number of hydrogen-bond acceptors (Lipinski definition) is 2. The second kappa shape index (κ2) is 6.08. The average Bonchev–Trinajstić information content (AvgIpc) is 2.16. The van der Waals surface area contributed by atoms with Crippen LogP contribution in [0.4, 0.5) is 8.78 Å². The monoisotopic (exact) mass is 291 g/mol. The van der Waals surface area contributed by atoms with Crippen LogP contribution in [0.2, 0.25) is 0 Å². The van der Waals surface area contributed by atoms with Gasteiger partial charge in [-0.15, -0.1) is 0 Å². The van der Waals surface area contributed by atoms with E-state index in [1.165, 1.54) is 6.07 Å². The smallest absolute Gasteiger partial charge is 0.131 e. The minimum atomic E-state index is -1.21. The van der Waals surface area contributed by atoms with Crippen LogP contribution in [0.1, 0.15) is 11.7 Å². The topological polar surface area (TPSA) is 32.3 Å². The van der Waals surface area contributed by atoms with Crippen LogP contribution in [0.5, 0.6) is 0 Å². The van der Waals surface area contributed by atoms with Crippen molar-refractivity contribution in [3.63, 3.8) is 0 Å². The molecule has 1 aromatic rings. The summed E-state index contributed by atoms with van der Waals surface area (Å²) in [6.07, 6.45) is -1.21. The van der Waals surface area contributed by atoms with Crippen molar-refractivity contribution >= 4 is 15.9 Å². The first kappa shape index (κ1) is 13.3. The first-order valence-corrected chi connectivity index (χ1v) is 5.47. The van der Waals surface area contributed by atoms with Gasteiger partial charge in [0.2, 0.25) is 0 Å². The number of rotatable bonds is 5. The minimum Gasteiger partial charge on any atom is -0.387 e. The number of nitrogens with one attached hydrogen (secondary N) is 1. The predicted molar refractivity (Wildman–Crippen MR) is 62.3 cm³/mol. The van der Waals surface area contributed by atoms with E-state index in [-0.39, 0.29) is 12.1 Å². The number of hydrogen-bond donors (Lipinski definition) is 2. The molecular formula is C11H12BrF2NO. The van der Waals surface area contributed by atoms with Crippen LogP contribution >= 0.6 is 15.9 Å². The molecule has 0 fully saturated rings. The van der Waals surface area contributed by atoms with Crippen molar-refractivity contribution in [3.05, 3.63) is 46.5 Å². The maximum absolute atomic E-state index is 13.2. The van der Waals surface area contributed by atoms with Crippen LogP contribution in [0, 0.1) is 11.6 Å². The highest BCUT2D eigenvalue weighted by Crippen LogP contribution is 2.19. The van der Waals surface area contributed by atoms with E-state index in [2.05, 4.69) is 27.8 Å². The van der Waals surface area contributed by atoms with Crippen molar-refractivity contribution in [3.8, 4) is 0 Å². The summed E-state index contributed by atoms with van der Waals surface area (Å²) in [5.41, 5.74) is -0.310. The molecule has 0 aliphatic heterocycles. The summed E-state index contributed by atoms with van der Waals surface area (Å²) in [4.78, 5) is 0. The van der Waals surface area contributed by atoms with Gasteiger partial charge in [-0.1, -0.05) is 28.6 Å². The molecule has 0 amide bonds. The van der Waals surface area contributed by atoms with Gasteiger partial charge in [0.25, 0.3) is 0 Å². The molecule has 1 rings (SSSR count). The van der Waals surface area contributed by atoms with Gasteiger partial charge in [0, 0.05) is 17.6 Å². The zero-order valence-corrected chi connectivity index (χ0v) is 10.1. The van der Waals surface area contributed by atoms with Crippen LogP contribution in [-0.4, -0.2) is 18.2 Å². The predicted octanol–water partition coefficient (Wildman–Crippen LogP) is 2.50. The van der Waals surface area contributed by atoms with Crippen molar-refractivity contribution in [2.75, 3.05) is 13.1 Å². The molecule has 0 saturated heterocycles. The van der Waals surface area contributed by atoms with Crippen LogP contribution in [0.25, 0.3) is 0 Å². The summed E-state index contributed by atoms with van der Waals surface area (Å²) < 4.78 is 27.2. The third-order valence-electron chi connectivity index (χ3n) is 1.99. The molecule has 0 aromatic heterocycles. The Bertz CT molecular complexity index is 364. The van der Waals surface area contributed by atoms with Gasteiger partial charge in [-0.3, -0.25) is 0 Å². The Morgan fingerprint density at radius 3 is 2.50 bits per heavy atom. The molecule has 1 atom stereocenters. The lowest BCUT2D eigenvalue weighted by molar-refractivity contribution is 0.166. The van der Waals surface area contributed by atoms with Crippen LogP contribution in [-0.2, 0) is 0 Å². The van der Waals surface area contributed by atoms with E-state index in [1.807, 2.05) is 0 Å². The van der Waals surface area contributed by atoms with Gasteiger partial charge in [0.05, 0.1) is 11.7 Å². The van der Waals surface area contributed by atoms with Gasteiger partial charge in [-0.2, -0.15) is 0 Å². The molecular weight excluding hydrogens is 280 g/mol. The lowest BCUT2D eigenvalue weighted by Gasteiger charge is -2.13. The van der Waals surface area contributed by atoms with Gasteiger partial charge < -0.3 is 10.4 Å². The average molecular weight is 292 g/mol. The molecule has 0 bridgehead atoms. The van der Waals surface area contributed by atoms with E-state index in [4.69, 9.17) is 0 Å². The van der Waals surface area contributed by atoms with E-state index in [1.54, 1.807) is 0 Å². The molecule has 2 N–H and O–H groups in total. The summed E-state index contributed by atoms with van der Waals surface area (Å²) in [7, 11) is 0. The standard InChI is InChI=1S/C11H12BrF2NO/c1-7(12)5-15-6-10(16)11-8(13)3-2-4-9(11)14/h2-4,10,15-16H,1,5-6H2.